The second-order valence-electron chi connectivity index (χ2n) is 3.54. The molecule has 0 aliphatic heterocycles. The van der Waals surface area contributed by atoms with Crippen molar-refractivity contribution >= 4 is 22.3 Å². The Labute approximate surface area is 104 Å². The molecule has 0 aliphatic carbocycles. The van der Waals surface area contributed by atoms with Crippen molar-refractivity contribution in [3.63, 3.8) is 0 Å². The number of rotatable bonds is 3. The lowest BCUT2D eigenvalue weighted by molar-refractivity contribution is -0.385. The van der Waals surface area contributed by atoms with Crippen molar-refractivity contribution in [2.75, 3.05) is 0 Å². The highest BCUT2D eigenvalue weighted by Crippen LogP contribution is 2.32. The molecule has 0 saturated carbocycles. The van der Waals surface area contributed by atoms with E-state index in [9.17, 15) is 10.1 Å². The van der Waals surface area contributed by atoms with Crippen LogP contribution in [0.25, 0.3) is 5.03 Å². The van der Waals surface area contributed by atoms with Crippen molar-refractivity contribution < 1.29 is 4.92 Å². The lowest BCUT2D eigenvalue weighted by Crippen LogP contribution is -1.95. The van der Waals surface area contributed by atoms with Gasteiger partial charge in [0.15, 0.2) is 0 Å². The van der Waals surface area contributed by atoms with Crippen molar-refractivity contribution in [3.05, 3.63) is 45.0 Å². The molecule has 0 spiro atoms. The summed E-state index contributed by atoms with van der Waals surface area (Å²) in [6, 6.07) is 6.62. The first-order valence-corrected chi connectivity index (χ1v) is 5.43. The molecule has 0 bridgehead atoms. The highest BCUT2D eigenvalue weighted by molar-refractivity contribution is 6.50. The number of nitrogens with zero attached hydrogens (tertiary/aromatic N) is 2. The van der Waals surface area contributed by atoms with Gasteiger partial charge in [0.05, 0.1) is 21.6 Å². The van der Waals surface area contributed by atoms with Gasteiger partial charge in [-0.2, -0.15) is 5.26 Å². The molecule has 17 heavy (non-hydrogen) atoms. The fraction of sp³-hybridized carbons (Fsp3) is 0.250. The molecule has 0 radical (unpaired) electrons. The quantitative estimate of drug-likeness (QED) is 0.466. The number of benzene rings is 1. The molecule has 88 valence electrons. The molecule has 0 aliphatic rings. The number of nitro benzene ring substituents is 1. The van der Waals surface area contributed by atoms with Crippen molar-refractivity contribution in [1.29, 1.82) is 5.26 Å². The van der Waals surface area contributed by atoms with E-state index < -0.39 is 4.92 Å². The van der Waals surface area contributed by atoms with Gasteiger partial charge in [0.2, 0.25) is 0 Å². The van der Waals surface area contributed by atoms with Gasteiger partial charge in [-0.1, -0.05) is 24.6 Å². The summed E-state index contributed by atoms with van der Waals surface area (Å²) in [5.41, 5.74) is 1.43. The molecule has 0 saturated heterocycles. The highest BCUT2D eigenvalue weighted by atomic mass is 35.5. The van der Waals surface area contributed by atoms with E-state index in [0.717, 1.165) is 5.56 Å². The van der Waals surface area contributed by atoms with Crippen LogP contribution in [0, 0.1) is 28.4 Å². The average Bonchev–Trinajstić information content (AvgIpc) is 2.29. The molecule has 4 nitrogen and oxygen atoms in total. The summed E-state index contributed by atoms with van der Waals surface area (Å²) in [5, 5.41) is 19.9. The van der Waals surface area contributed by atoms with Crippen LogP contribution < -0.4 is 0 Å². The molecular weight excluding hydrogens is 240 g/mol. The third kappa shape index (κ3) is 2.83. The summed E-state index contributed by atoms with van der Waals surface area (Å²) in [4.78, 5) is 10.4. The van der Waals surface area contributed by atoms with E-state index in [1.807, 2.05) is 13.0 Å². The van der Waals surface area contributed by atoms with Crippen molar-refractivity contribution in [3.8, 4) is 6.07 Å². The van der Waals surface area contributed by atoms with Gasteiger partial charge in [-0.15, -0.1) is 0 Å². The van der Waals surface area contributed by atoms with Crippen LogP contribution in [-0.2, 0) is 0 Å². The van der Waals surface area contributed by atoms with Gasteiger partial charge in [-0.05, 0) is 25.0 Å². The lowest BCUT2D eigenvalue weighted by atomic mass is 10.1. The first-order chi connectivity index (χ1) is 8.01. The maximum atomic E-state index is 10.9. The monoisotopic (exact) mass is 250 g/mol. The number of aryl methyl sites for hydroxylation is 1. The van der Waals surface area contributed by atoms with Crippen molar-refractivity contribution in [2.24, 2.45) is 0 Å². The number of allylic oxidation sites excluding steroid dienone is 1. The first kappa shape index (κ1) is 13.2. The molecule has 0 heterocycles. The minimum atomic E-state index is -0.498. The smallest absolute Gasteiger partial charge is 0.258 e. The number of hydrogen-bond donors (Lipinski definition) is 0. The van der Waals surface area contributed by atoms with Gasteiger partial charge in [-0.25, -0.2) is 0 Å². The van der Waals surface area contributed by atoms with Crippen LogP contribution >= 0.6 is 11.6 Å². The maximum Gasteiger partial charge on any atom is 0.278 e. The van der Waals surface area contributed by atoms with Crippen molar-refractivity contribution in [1.82, 2.24) is 0 Å². The van der Waals surface area contributed by atoms with Gasteiger partial charge >= 0.3 is 0 Å². The number of nitriles is 1. The summed E-state index contributed by atoms with van der Waals surface area (Å²) in [6.07, 6.45) is 0.445. The van der Waals surface area contributed by atoms with Crippen LogP contribution in [0.15, 0.2) is 23.8 Å². The van der Waals surface area contributed by atoms with Crippen LogP contribution in [0.2, 0.25) is 0 Å². The van der Waals surface area contributed by atoms with Crippen molar-refractivity contribution in [2.45, 2.75) is 20.3 Å². The number of hydrogen-bond acceptors (Lipinski definition) is 3. The van der Waals surface area contributed by atoms with E-state index in [1.165, 1.54) is 6.07 Å². The van der Waals surface area contributed by atoms with Crippen LogP contribution in [-0.4, -0.2) is 4.92 Å². The second-order valence-corrected chi connectivity index (χ2v) is 3.91. The van der Waals surface area contributed by atoms with Crippen LogP contribution in [0.4, 0.5) is 5.69 Å². The molecule has 0 amide bonds. The SMILES string of the molecule is CCC(C#N)=C(Cl)c1cc(C)ccc1[N+](=O)[O-]. The van der Waals surface area contributed by atoms with E-state index in [-0.39, 0.29) is 10.7 Å². The summed E-state index contributed by atoms with van der Waals surface area (Å²) in [7, 11) is 0. The molecular formula is C12H11ClN2O2. The molecule has 1 aromatic carbocycles. The molecule has 0 fully saturated rings. The van der Waals surface area contributed by atoms with Gasteiger partial charge in [-0.3, -0.25) is 10.1 Å². The van der Waals surface area contributed by atoms with Crippen LogP contribution in [0.1, 0.15) is 24.5 Å². The molecule has 0 unspecified atom stereocenters. The maximum absolute atomic E-state index is 10.9. The van der Waals surface area contributed by atoms with Gasteiger partial charge in [0.1, 0.15) is 0 Å². The average molecular weight is 251 g/mol. The Morgan fingerprint density at radius 3 is 2.71 bits per heavy atom. The van der Waals surface area contributed by atoms with Gasteiger partial charge in [0.25, 0.3) is 5.69 Å². The zero-order valence-electron chi connectivity index (χ0n) is 9.53. The number of nitro groups is 1. The van der Waals surface area contributed by atoms with Crippen LogP contribution in [0.3, 0.4) is 0 Å². The topological polar surface area (TPSA) is 66.9 Å². The summed E-state index contributed by atoms with van der Waals surface area (Å²) < 4.78 is 0. The van der Waals surface area contributed by atoms with E-state index in [1.54, 1.807) is 19.1 Å². The zero-order valence-corrected chi connectivity index (χ0v) is 10.3. The molecule has 1 aromatic rings. The predicted molar refractivity (Wildman–Crippen MR) is 66.5 cm³/mol. The largest absolute Gasteiger partial charge is 0.278 e. The fourth-order valence-electron chi connectivity index (χ4n) is 1.43. The highest BCUT2D eigenvalue weighted by Gasteiger charge is 2.18. The summed E-state index contributed by atoms with van der Waals surface area (Å²) >= 11 is 6.05. The Bertz CT molecular complexity index is 530. The zero-order chi connectivity index (χ0) is 13.0. The molecule has 5 heteroatoms. The molecule has 1 rings (SSSR count). The number of halogens is 1. The Morgan fingerprint density at radius 1 is 1.59 bits per heavy atom. The molecule has 0 aromatic heterocycles. The van der Waals surface area contributed by atoms with Gasteiger partial charge < -0.3 is 0 Å². The predicted octanol–water partition coefficient (Wildman–Crippen LogP) is 3.79. The Kier molecular flexibility index (Phi) is 4.24. The molecule has 0 atom stereocenters. The Morgan fingerprint density at radius 2 is 2.24 bits per heavy atom. The summed E-state index contributed by atoms with van der Waals surface area (Å²) in [6.45, 7) is 3.60. The Hall–Kier alpha value is -1.86. The second kappa shape index (κ2) is 5.46. The standard InChI is InChI=1S/C12H11ClN2O2/c1-3-9(7-14)12(13)10-6-8(2)4-5-11(10)15(16)17/h4-6H,3H2,1-2H3. The summed E-state index contributed by atoms with van der Waals surface area (Å²) in [5.74, 6) is 0. The fourth-order valence-corrected chi connectivity index (χ4v) is 1.76. The minimum Gasteiger partial charge on any atom is -0.258 e. The first-order valence-electron chi connectivity index (χ1n) is 5.05. The normalized spacial score (nSPS) is 11.6. The van der Waals surface area contributed by atoms with E-state index in [4.69, 9.17) is 16.9 Å². The third-order valence-corrected chi connectivity index (χ3v) is 2.77. The lowest BCUT2D eigenvalue weighted by Gasteiger charge is -2.04. The van der Waals surface area contributed by atoms with Crippen LogP contribution in [0.5, 0.6) is 0 Å². The minimum absolute atomic E-state index is 0.0817. The van der Waals surface area contributed by atoms with Gasteiger partial charge in [0, 0.05) is 11.6 Å². The van der Waals surface area contributed by atoms with E-state index in [0.29, 0.717) is 17.6 Å². The van der Waals surface area contributed by atoms with E-state index >= 15 is 0 Å². The van der Waals surface area contributed by atoms with E-state index in [2.05, 4.69) is 0 Å². The molecule has 0 N–H and O–H groups in total. The Balaban J connectivity index is 3.50. The third-order valence-electron chi connectivity index (χ3n) is 2.34.